The summed E-state index contributed by atoms with van der Waals surface area (Å²) < 4.78 is 0. The summed E-state index contributed by atoms with van der Waals surface area (Å²) in [6.45, 7) is 6.07. The van der Waals surface area contributed by atoms with Gasteiger partial charge in [-0.1, -0.05) is 6.07 Å². The smallest absolute Gasteiger partial charge is 0.232 e. The van der Waals surface area contributed by atoms with Crippen LogP contribution in [0.1, 0.15) is 17.0 Å². The van der Waals surface area contributed by atoms with Crippen LogP contribution in [0.2, 0.25) is 0 Å². The van der Waals surface area contributed by atoms with Crippen LogP contribution in [0.4, 0.5) is 11.6 Å². The Bertz CT molecular complexity index is 537. The lowest BCUT2D eigenvalue weighted by Gasteiger charge is -2.18. The molecule has 17 heavy (non-hydrogen) atoms. The minimum absolute atomic E-state index is 0.667. The molecule has 0 aliphatic carbocycles. The van der Waals surface area contributed by atoms with Crippen LogP contribution in [-0.2, 0) is 0 Å². The third-order valence-corrected chi connectivity index (χ3v) is 2.86. The quantitative estimate of drug-likeness (QED) is 0.792. The molecule has 1 aromatic heterocycles. The second-order valence-electron chi connectivity index (χ2n) is 4.16. The summed E-state index contributed by atoms with van der Waals surface area (Å²) in [4.78, 5) is 14.4. The molecular weight excluding hydrogens is 212 g/mol. The number of hydrogen-bond donors (Lipinski definition) is 0. The lowest BCUT2D eigenvalue weighted by atomic mass is 10.1. The van der Waals surface area contributed by atoms with Gasteiger partial charge in [0.15, 0.2) is 0 Å². The first-order valence-corrected chi connectivity index (χ1v) is 5.54. The van der Waals surface area contributed by atoms with Crippen molar-refractivity contribution in [3.8, 4) is 0 Å². The molecule has 2 rings (SSSR count). The minimum atomic E-state index is 0.667. The number of benzene rings is 1. The van der Waals surface area contributed by atoms with Crippen molar-refractivity contribution in [3.05, 3.63) is 41.5 Å². The standard InChI is InChI=1S/C13H16N4/c1-9-5-6-12(7-10(9)2)17(4)13-15-8-14-11(3)16-13/h5-8H,1-4H3. The molecule has 0 bridgehead atoms. The zero-order valence-corrected chi connectivity index (χ0v) is 10.6. The first-order valence-electron chi connectivity index (χ1n) is 5.54. The SMILES string of the molecule is Cc1ncnc(N(C)c2ccc(C)c(C)c2)n1. The molecule has 88 valence electrons. The van der Waals surface area contributed by atoms with E-state index in [-0.39, 0.29) is 0 Å². The van der Waals surface area contributed by atoms with Crippen LogP contribution in [0.15, 0.2) is 24.5 Å². The van der Waals surface area contributed by atoms with Gasteiger partial charge in [0.25, 0.3) is 0 Å². The molecule has 0 saturated carbocycles. The van der Waals surface area contributed by atoms with Gasteiger partial charge in [-0.25, -0.2) is 9.97 Å². The molecule has 0 atom stereocenters. The van der Waals surface area contributed by atoms with E-state index < -0.39 is 0 Å². The Labute approximate surface area is 101 Å². The molecular formula is C13H16N4. The third kappa shape index (κ3) is 2.41. The second kappa shape index (κ2) is 4.49. The zero-order valence-electron chi connectivity index (χ0n) is 10.6. The molecule has 1 heterocycles. The molecule has 4 heteroatoms. The maximum absolute atomic E-state index is 4.31. The van der Waals surface area contributed by atoms with E-state index in [1.54, 1.807) is 0 Å². The zero-order chi connectivity index (χ0) is 12.4. The molecule has 0 aliphatic heterocycles. The predicted molar refractivity (Wildman–Crippen MR) is 68.5 cm³/mol. The average Bonchev–Trinajstić information content (AvgIpc) is 2.32. The molecule has 0 saturated heterocycles. The minimum Gasteiger partial charge on any atom is -0.314 e. The number of hydrogen-bond acceptors (Lipinski definition) is 4. The van der Waals surface area contributed by atoms with Crippen molar-refractivity contribution in [2.24, 2.45) is 0 Å². The van der Waals surface area contributed by atoms with Crippen LogP contribution in [-0.4, -0.2) is 22.0 Å². The van der Waals surface area contributed by atoms with Crippen molar-refractivity contribution < 1.29 is 0 Å². The highest BCUT2D eigenvalue weighted by atomic mass is 15.2. The molecule has 4 nitrogen and oxygen atoms in total. The van der Waals surface area contributed by atoms with Crippen LogP contribution in [0.3, 0.4) is 0 Å². The van der Waals surface area contributed by atoms with Gasteiger partial charge in [0.05, 0.1) is 0 Å². The van der Waals surface area contributed by atoms with Crippen LogP contribution < -0.4 is 4.90 Å². The average molecular weight is 228 g/mol. The molecule has 0 radical (unpaired) electrons. The van der Waals surface area contributed by atoms with E-state index in [9.17, 15) is 0 Å². The fourth-order valence-electron chi connectivity index (χ4n) is 1.58. The van der Waals surface area contributed by atoms with Crippen molar-refractivity contribution >= 4 is 11.6 Å². The van der Waals surface area contributed by atoms with E-state index in [0.717, 1.165) is 11.5 Å². The van der Waals surface area contributed by atoms with E-state index in [1.807, 2.05) is 18.9 Å². The Hall–Kier alpha value is -1.97. The summed E-state index contributed by atoms with van der Waals surface area (Å²) in [5.41, 5.74) is 3.63. The Kier molecular flexibility index (Phi) is 3.04. The van der Waals surface area contributed by atoms with Crippen LogP contribution in [0.25, 0.3) is 0 Å². The van der Waals surface area contributed by atoms with Crippen molar-refractivity contribution in [3.63, 3.8) is 0 Å². The lowest BCUT2D eigenvalue weighted by molar-refractivity contribution is 0.936. The molecule has 0 aliphatic rings. The Morgan fingerprint density at radius 3 is 2.41 bits per heavy atom. The maximum atomic E-state index is 4.31. The van der Waals surface area contributed by atoms with Crippen molar-refractivity contribution in [2.45, 2.75) is 20.8 Å². The van der Waals surface area contributed by atoms with Crippen molar-refractivity contribution in [2.75, 3.05) is 11.9 Å². The van der Waals surface area contributed by atoms with E-state index in [2.05, 4.69) is 47.0 Å². The summed E-state index contributed by atoms with van der Waals surface area (Å²) in [6.07, 6.45) is 1.54. The van der Waals surface area contributed by atoms with Crippen molar-refractivity contribution in [1.82, 2.24) is 15.0 Å². The highest BCUT2D eigenvalue weighted by Crippen LogP contribution is 2.22. The number of aryl methyl sites for hydroxylation is 3. The third-order valence-electron chi connectivity index (χ3n) is 2.86. The van der Waals surface area contributed by atoms with Crippen molar-refractivity contribution in [1.29, 1.82) is 0 Å². The first kappa shape index (κ1) is 11.5. The number of aromatic nitrogens is 3. The highest BCUT2D eigenvalue weighted by molar-refractivity contribution is 5.58. The second-order valence-corrected chi connectivity index (χ2v) is 4.16. The van der Waals surface area contributed by atoms with E-state index in [4.69, 9.17) is 0 Å². The predicted octanol–water partition coefficient (Wildman–Crippen LogP) is 2.56. The first-order chi connectivity index (χ1) is 8.08. The van der Waals surface area contributed by atoms with Gasteiger partial charge in [-0.3, -0.25) is 0 Å². The fraction of sp³-hybridized carbons (Fsp3) is 0.308. The Balaban J connectivity index is 2.36. The topological polar surface area (TPSA) is 41.9 Å². The number of nitrogens with zero attached hydrogens (tertiary/aromatic N) is 4. The molecule has 1 aromatic carbocycles. The Morgan fingerprint density at radius 2 is 1.76 bits per heavy atom. The highest BCUT2D eigenvalue weighted by Gasteiger charge is 2.07. The summed E-state index contributed by atoms with van der Waals surface area (Å²) in [5, 5.41) is 0. The normalized spacial score (nSPS) is 10.4. The molecule has 2 aromatic rings. The number of rotatable bonds is 2. The van der Waals surface area contributed by atoms with Gasteiger partial charge < -0.3 is 4.90 Å². The van der Waals surface area contributed by atoms with Gasteiger partial charge in [0, 0.05) is 12.7 Å². The molecule has 0 N–H and O–H groups in total. The van der Waals surface area contributed by atoms with Gasteiger partial charge in [0.1, 0.15) is 12.2 Å². The summed E-state index contributed by atoms with van der Waals surface area (Å²) in [6, 6.07) is 6.31. The Morgan fingerprint density at radius 1 is 1.00 bits per heavy atom. The van der Waals surface area contributed by atoms with Crippen LogP contribution >= 0.6 is 0 Å². The molecule has 0 fully saturated rings. The van der Waals surface area contributed by atoms with E-state index >= 15 is 0 Å². The lowest BCUT2D eigenvalue weighted by Crippen LogP contribution is -2.14. The van der Waals surface area contributed by atoms with E-state index in [1.165, 1.54) is 17.5 Å². The van der Waals surface area contributed by atoms with Crippen LogP contribution in [0, 0.1) is 20.8 Å². The largest absolute Gasteiger partial charge is 0.314 e. The molecule has 0 amide bonds. The molecule has 0 spiro atoms. The van der Waals surface area contributed by atoms with E-state index in [0.29, 0.717) is 5.95 Å². The summed E-state index contributed by atoms with van der Waals surface area (Å²) >= 11 is 0. The van der Waals surface area contributed by atoms with Crippen LogP contribution in [0.5, 0.6) is 0 Å². The summed E-state index contributed by atoms with van der Waals surface area (Å²) in [7, 11) is 1.96. The fourth-order valence-corrected chi connectivity index (χ4v) is 1.58. The number of anilines is 2. The van der Waals surface area contributed by atoms with Gasteiger partial charge in [-0.2, -0.15) is 4.98 Å². The maximum Gasteiger partial charge on any atom is 0.232 e. The molecule has 0 unspecified atom stereocenters. The van der Waals surface area contributed by atoms with Gasteiger partial charge >= 0.3 is 0 Å². The van der Waals surface area contributed by atoms with Gasteiger partial charge in [-0.15, -0.1) is 0 Å². The summed E-state index contributed by atoms with van der Waals surface area (Å²) in [5.74, 6) is 1.39. The van der Waals surface area contributed by atoms with Gasteiger partial charge in [0.2, 0.25) is 5.95 Å². The van der Waals surface area contributed by atoms with Gasteiger partial charge in [-0.05, 0) is 44.0 Å². The monoisotopic (exact) mass is 228 g/mol.